The molecule has 1 aliphatic heterocycles. The Morgan fingerprint density at radius 1 is 1.12 bits per heavy atom. The summed E-state index contributed by atoms with van der Waals surface area (Å²) in [5.41, 5.74) is 3.76. The van der Waals surface area contributed by atoms with E-state index in [9.17, 15) is 0 Å². The molecule has 1 atom stereocenters. The Labute approximate surface area is 153 Å². The molecule has 0 saturated heterocycles. The predicted molar refractivity (Wildman–Crippen MR) is 98.9 cm³/mol. The summed E-state index contributed by atoms with van der Waals surface area (Å²) in [4.78, 5) is 2.44. The first-order chi connectivity index (χ1) is 12.7. The van der Waals surface area contributed by atoms with Gasteiger partial charge in [0, 0.05) is 13.1 Å². The second-order valence-electron chi connectivity index (χ2n) is 6.62. The van der Waals surface area contributed by atoms with Gasteiger partial charge in [-0.2, -0.15) is 0 Å². The van der Waals surface area contributed by atoms with Crippen molar-refractivity contribution in [3.05, 3.63) is 71.0 Å². The van der Waals surface area contributed by atoms with Crippen molar-refractivity contribution in [2.45, 2.75) is 33.0 Å². The van der Waals surface area contributed by atoms with E-state index in [0.29, 0.717) is 6.61 Å². The zero-order valence-electron chi connectivity index (χ0n) is 15.2. The summed E-state index contributed by atoms with van der Waals surface area (Å²) in [6.45, 7) is 7.37. The molecular weight excluding hydrogens is 326 g/mol. The quantitative estimate of drug-likeness (QED) is 0.709. The zero-order chi connectivity index (χ0) is 17.9. The molecule has 0 saturated carbocycles. The molecule has 0 fully saturated rings. The molecule has 2 heterocycles. The van der Waals surface area contributed by atoms with E-state index in [-0.39, 0.29) is 6.04 Å². The van der Waals surface area contributed by atoms with Gasteiger partial charge in [-0.3, -0.25) is 4.90 Å². The summed E-state index contributed by atoms with van der Waals surface area (Å²) >= 11 is 0. The van der Waals surface area contributed by atoms with Crippen LogP contribution in [0.5, 0.6) is 5.75 Å². The number of hydrogen-bond donors (Lipinski definition) is 0. The first-order valence-corrected chi connectivity index (χ1v) is 9.03. The van der Waals surface area contributed by atoms with Crippen LogP contribution >= 0.6 is 0 Å². The normalized spacial score (nSPS) is 17.1. The monoisotopic (exact) mass is 349 g/mol. The van der Waals surface area contributed by atoms with Crippen molar-refractivity contribution in [2.75, 3.05) is 13.2 Å². The molecule has 0 spiro atoms. The number of benzene rings is 2. The lowest BCUT2D eigenvalue weighted by Crippen LogP contribution is -2.39. The molecule has 1 unspecified atom stereocenters. The molecule has 6 nitrogen and oxygen atoms in total. The number of ether oxygens (including phenoxy) is 1. The van der Waals surface area contributed by atoms with E-state index in [1.165, 1.54) is 16.7 Å². The van der Waals surface area contributed by atoms with Crippen LogP contribution in [0, 0.1) is 6.92 Å². The van der Waals surface area contributed by atoms with Crippen molar-refractivity contribution < 1.29 is 4.74 Å². The van der Waals surface area contributed by atoms with Crippen molar-refractivity contribution >= 4 is 0 Å². The maximum atomic E-state index is 5.58. The summed E-state index contributed by atoms with van der Waals surface area (Å²) < 4.78 is 7.49. The predicted octanol–water partition coefficient (Wildman–Crippen LogP) is 2.99. The molecular formula is C20H23N5O. The Kier molecular flexibility index (Phi) is 4.67. The molecule has 0 bridgehead atoms. The maximum absolute atomic E-state index is 5.58. The minimum Gasteiger partial charge on any atom is -0.494 e. The lowest BCUT2D eigenvalue weighted by Gasteiger charge is -2.35. The third-order valence-corrected chi connectivity index (χ3v) is 4.74. The maximum Gasteiger partial charge on any atom is 0.173 e. The standard InChI is InChI=1S/C20H23N5O/c1-3-26-18-9-7-17(8-10-18)19-20-21-22-23-25(20)12-11-24(19)14-16-6-4-5-15(2)13-16/h4-10,13,19H,3,11-12,14H2,1-2H3. The largest absolute Gasteiger partial charge is 0.494 e. The Hall–Kier alpha value is -2.73. The van der Waals surface area contributed by atoms with Crippen LogP contribution < -0.4 is 4.74 Å². The van der Waals surface area contributed by atoms with Crippen LogP contribution in [0.15, 0.2) is 48.5 Å². The number of fused-ring (bicyclic) bond motifs is 1. The summed E-state index contributed by atoms with van der Waals surface area (Å²) in [7, 11) is 0. The number of rotatable bonds is 5. The molecule has 1 aromatic heterocycles. The van der Waals surface area contributed by atoms with E-state index in [1.54, 1.807) is 0 Å². The highest BCUT2D eigenvalue weighted by Crippen LogP contribution is 2.32. The molecule has 2 aromatic carbocycles. The minimum absolute atomic E-state index is 0.0370. The molecule has 3 aromatic rings. The zero-order valence-corrected chi connectivity index (χ0v) is 15.2. The van der Waals surface area contributed by atoms with E-state index in [2.05, 4.69) is 63.7 Å². The van der Waals surface area contributed by atoms with Crippen LogP contribution in [0.3, 0.4) is 0 Å². The molecule has 6 heteroatoms. The smallest absolute Gasteiger partial charge is 0.173 e. The van der Waals surface area contributed by atoms with Gasteiger partial charge in [0.25, 0.3) is 0 Å². The number of tetrazole rings is 1. The van der Waals surface area contributed by atoms with Gasteiger partial charge in [0.2, 0.25) is 0 Å². The molecule has 0 N–H and O–H groups in total. The highest BCUT2D eigenvalue weighted by Gasteiger charge is 2.31. The van der Waals surface area contributed by atoms with Gasteiger partial charge >= 0.3 is 0 Å². The first kappa shape index (κ1) is 16.7. The summed E-state index contributed by atoms with van der Waals surface area (Å²) in [5, 5.41) is 12.3. The second-order valence-corrected chi connectivity index (χ2v) is 6.62. The van der Waals surface area contributed by atoms with Gasteiger partial charge in [0.15, 0.2) is 5.82 Å². The van der Waals surface area contributed by atoms with Crippen molar-refractivity contribution in [1.82, 2.24) is 25.1 Å². The van der Waals surface area contributed by atoms with Gasteiger partial charge in [-0.25, -0.2) is 4.68 Å². The average molecular weight is 349 g/mol. The van der Waals surface area contributed by atoms with Crippen molar-refractivity contribution in [1.29, 1.82) is 0 Å². The number of aromatic nitrogens is 4. The van der Waals surface area contributed by atoms with Gasteiger partial charge in [-0.05, 0) is 47.5 Å². The van der Waals surface area contributed by atoms with Crippen LogP contribution in [-0.2, 0) is 13.1 Å². The molecule has 1 aliphatic rings. The van der Waals surface area contributed by atoms with E-state index in [1.807, 2.05) is 23.7 Å². The molecule has 0 aliphatic carbocycles. The first-order valence-electron chi connectivity index (χ1n) is 9.03. The fraction of sp³-hybridized carbons (Fsp3) is 0.350. The number of hydrogen-bond acceptors (Lipinski definition) is 5. The SMILES string of the molecule is CCOc1ccc(C2c3nnnn3CCN2Cc2cccc(C)c2)cc1. The van der Waals surface area contributed by atoms with E-state index < -0.39 is 0 Å². The van der Waals surface area contributed by atoms with E-state index >= 15 is 0 Å². The lowest BCUT2D eigenvalue weighted by atomic mass is 10.0. The lowest BCUT2D eigenvalue weighted by molar-refractivity contribution is 0.164. The van der Waals surface area contributed by atoms with Crippen molar-refractivity contribution in [3.8, 4) is 5.75 Å². The number of nitrogens with zero attached hydrogens (tertiary/aromatic N) is 5. The van der Waals surface area contributed by atoms with Crippen LogP contribution in [0.1, 0.15) is 35.5 Å². The average Bonchev–Trinajstić information content (AvgIpc) is 3.11. The van der Waals surface area contributed by atoms with Gasteiger partial charge in [-0.1, -0.05) is 42.0 Å². The van der Waals surface area contributed by atoms with Gasteiger partial charge in [0.05, 0.1) is 19.2 Å². The minimum atomic E-state index is 0.0370. The molecule has 0 amide bonds. The van der Waals surface area contributed by atoms with Gasteiger partial charge in [-0.15, -0.1) is 5.10 Å². The molecule has 0 radical (unpaired) electrons. The Bertz CT molecular complexity index is 874. The van der Waals surface area contributed by atoms with Gasteiger partial charge < -0.3 is 4.74 Å². The summed E-state index contributed by atoms with van der Waals surface area (Å²) in [5.74, 6) is 1.78. The van der Waals surface area contributed by atoms with Crippen LogP contribution in [0.2, 0.25) is 0 Å². The third kappa shape index (κ3) is 3.32. The Morgan fingerprint density at radius 2 is 1.96 bits per heavy atom. The Balaban J connectivity index is 1.66. The van der Waals surface area contributed by atoms with Crippen molar-refractivity contribution in [2.24, 2.45) is 0 Å². The summed E-state index contributed by atoms with van der Waals surface area (Å²) in [6.07, 6.45) is 0. The van der Waals surface area contributed by atoms with Crippen LogP contribution in [-0.4, -0.2) is 38.3 Å². The van der Waals surface area contributed by atoms with Crippen molar-refractivity contribution in [3.63, 3.8) is 0 Å². The van der Waals surface area contributed by atoms with Gasteiger partial charge in [0.1, 0.15) is 5.75 Å². The molecule has 26 heavy (non-hydrogen) atoms. The highest BCUT2D eigenvalue weighted by atomic mass is 16.5. The fourth-order valence-corrected chi connectivity index (χ4v) is 3.57. The summed E-state index contributed by atoms with van der Waals surface area (Å²) in [6, 6.07) is 17.0. The van der Waals surface area contributed by atoms with E-state index in [0.717, 1.165) is 31.2 Å². The highest BCUT2D eigenvalue weighted by molar-refractivity contribution is 5.33. The second kappa shape index (κ2) is 7.25. The van der Waals surface area contributed by atoms with Crippen LogP contribution in [0.25, 0.3) is 0 Å². The molecule has 134 valence electrons. The Morgan fingerprint density at radius 3 is 2.73 bits per heavy atom. The van der Waals surface area contributed by atoms with Crippen LogP contribution in [0.4, 0.5) is 0 Å². The van der Waals surface area contributed by atoms with E-state index in [4.69, 9.17) is 4.74 Å². The number of aryl methyl sites for hydroxylation is 1. The molecule has 4 rings (SSSR count). The topological polar surface area (TPSA) is 56.1 Å². The fourth-order valence-electron chi connectivity index (χ4n) is 3.57. The third-order valence-electron chi connectivity index (χ3n) is 4.74.